The van der Waals surface area contributed by atoms with Crippen molar-refractivity contribution < 1.29 is 14.3 Å². The third kappa shape index (κ3) is 4.67. The lowest BCUT2D eigenvalue weighted by Crippen LogP contribution is -2.44. The van der Waals surface area contributed by atoms with Crippen LogP contribution in [0.15, 0.2) is 54.6 Å². The first-order valence-corrected chi connectivity index (χ1v) is 10.1. The lowest BCUT2D eigenvalue weighted by Gasteiger charge is -2.22. The summed E-state index contributed by atoms with van der Waals surface area (Å²) in [5.74, 6) is 1.45. The summed E-state index contributed by atoms with van der Waals surface area (Å²) in [6.07, 6.45) is 6.03. The Morgan fingerprint density at radius 1 is 1.00 bits per heavy atom. The Balaban J connectivity index is 1.65. The molecule has 0 unspecified atom stereocenters. The molecule has 26 heavy (non-hydrogen) atoms. The topological polar surface area (TPSA) is 55.4 Å². The molecule has 1 aliphatic carbocycles. The highest BCUT2D eigenvalue weighted by molar-refractivity contribution is 8.13. The van der Waals surface area contributed by atoms with Gasteiger partial charge in [0.25, 0.3) is 5.91 Å². The van der Waals surface area contributed by atoms with E-state index >= 15 is 0 Å². The zero-order valence-electron chi connectivity index (χ0n) is 14.8. The number of benzene rings is 2. The molecule has 0 aliphatic heterocycles. The summed E-state index contributed by atoms with van der Waals surface area (Å²) < 4.78 is 5.74. The van der Waals surface area contributed by atoms with Gasteiger partial charge in [-0.15, -0.1) is 0 Å². The first kappa shape index (κ1) is 18.5. The van der Waals surface area contributed by atoms with Crippen LogP contribution in [0.5, 0.6) is 11.5 Å². The van der Waals surface area contributed by atoms with Gasteiger partial charge in [-0.3, -0.25) is 9.59 Å². The number of carbonyl (C=O) groups excluding carboxylic acids is 2. The maximum Gasteiger partial charge on any atom is 0.251 e. The molecule has 1 fully saturated rings. The van der Waals surface area contributed by atoms with Gasteiger partial charge in [0.2, 0.25) is 5.12 Å². The summed E-state index contributed by atoms with van der Waals surface area (Å²) in [4.78, 5) is 24.8. The second-order valence-corrected chi connectivity index (χ2v) is 7.27. The van der Waals surface area contributed by atoms with Crippen LogP contribution in [0, 0.1) is 5.92 Å². The Bertz CT molecular complexity index is 740. The fourth-order valence-corrected chi connectivity index (χ4v) is 3.82. The van der Waals surface area contributed by atoms with E-state index in [1.165, 1.54) is 11.8 Å². The summed E-state index contributed by atoms with van der Waals surface area (Å²) in [5, 5.41) is 2.98. The van der Waals surface area contributed by atoms with Gasteiger partial charge in [-0.05, 0) is 61.4 Å². The van der Waals surface area contributed by atoms with Crippen molar-refractivity contribution in [3.8, 4) is 11.5 Å². The van der Waals surface area contributed by atoms with Gasteiger partial charge < -0.3 is 10.1 Å². The minimum absolute atomic E-state index is 0.0364. The van der Waals surface area contributed by atoms with Crippen molar-refractivity contribution in [2.24, 2.45) is 5.92 Å². The number of nitrogens with one attached hydrogen (secondary N) is 1. The van der Waals surface area contributed by atoms with Gasteiger partial charge >= 0.3 is 0 Å². The van der Waals surface area contributed by atoms with Crippen LogP contribution >= 0.6 is 11.8 Å². The average Bonchev–Trinajstić information content (AvgIpc) is 3.21. The summed E-state index contributed by atoms with van der Waals surface area (Å²) in [6, 6.07) is 16.1. The predicted octanol–water partition coefficient (Wildman–Crippen LogP) is 4.66. The quantitative estimate of drug-likeness (QED) is 0.805. The number of ether oxygens (including phenoxy) is 1. The molecule has 1 amide bonds. The van der Waals surface area contributed by atoms with E-state index in [1.807, 2.05) is 30.3 Å². The maximum absolute atomic E-state index is 12.6. The number of carbonyl (C=O) groups is 2. The van der Waals surface area contributed by atoms with E-state index < -0.39 is 6.04 Å². The molecule has 0 spiro atoms. The molecular formula is C21H23NO3S. The molecule has 5 heteroatoms. The second kappa shape index (κ2) is 8.90. The van der Waals surface area contributed by atoms with Crippen molar-refractivity contribution in [2.75, 3.05) is 6.26 Å². The summed E-state index contributed by atoms with van der Waals surface area (Å²) >= 11 is 1.19. The Morgan fingerprint density at radius 2 is 1.62 bits per heavy atom. The van der Waals surface area contributed by atoms with Crippen molar-refractivity contribution in [3.63, 3.8) is 0 Å². The summed E-state index contributed by atoms with van der Waals surface area (Å²) in [7, 11) is 0. The highest BCUT2D eigenvalue weighted by Crippen LogP contribution is 2.30. The fraction of sp³-hybridized carbons (Fsp3) is 0.333. The largest absolute Gasteiger partial charge is 0.457 e. The smallest absolute Gasteiger partial charge is 0.251 e. The van der Waals surface area contributed by atoms with Gasteiger partial charge in [0.05, 0.1) is 0 Å². The lowest BCUT2D eigenvalue weighted by molar-refractivity contribution is -0.113. The van der Waals surface area contributed by atoms with Crippen molar-refractivity contribution >= 4 is 22.8 Å². The second-order valence-electron chi connectivity index (χ2n) is 6.46. The Labute approximate surface area is 158 Å². The molecule has 4 nitrogen and oxygen atoms in total. The number of amides is 1. The van der Waals surface area contributed by atoms with Gasteiger partial charge in [-0.2, -0.15) is 0 Å². The maximum atomic E-state index is 12.6. The molecule has 136 valence electrons. The first-order valence-electron chi connectivity index (χ1n) is 8.89. The molecule has 0 heterocycles. The van der Waals surface area contributed by atoms with Crippen molar-refractivity contribution in [2.45, 2.75) is 31.7 Å². The van der Waals surface area contributed by atoms with E-state index in [0.29, 0.717) is 11.3 Å². The molecule has 0 aromatic heterocycles. The number of hydrogen-bond acceptors (Lipinski definition) is 4. The number of para-hydroxylation sites is 1. The van der Waals surface area contributed by atoms with Crippen LogP contribution < -0.4 is 10.1 Å². The minimum atomic E-state index is -0.403. The van der Waals surface area contributed by atoms with Crippen LogP contribution in [0.1, 0.15) is 36.0 Å². The number of rotatable bonds is 6. The standard InChI is InChI=1S/C21H23NO3S/c1-26-21(24)19(15-7-5-6-8-15)22-20(23)16-11-13-18(14-12-16)25-17-9-3-2-4-10-17/h2-4,9-15,19H,5-8H2,1H3,(H,22,23)/t19-/m0/s1. The molecule has 3 rings (SSSR count). The van der Waals surface area contributed by atoms with Gasteiger partial charge in [0.15, 0.2) is 0 Å². The summed E-state index contributed by atoms with van der Waals surface area (Å²) in [6.45, 7) is 0. The molecule has 1 atom stereocenters. The van der Waals surface area contributed by atoms with E-state index in [-0.39, 0.29) is 16.9 Å². The fourth-order valence-electron chi connectivity index (χ4n) is 3.31. The van der Waals surface area contributed by atoms with Gasteiger partial charge in [0, 0.05) is 5.56 Å². The normalized spacial score (nSPS) is 15.4. The van der Waals surface area contributed by atoms with Gasteiger partial charge in [-0.1, -0.05) is 42.8 Å². The Kier molecular flexibility index (Phi) is 6.34. The Morgan fingerprint density at radius 3 is 2.23 bits per heavy atom. The molecule has 1 N–H and O–H groups in total. The van der Waals surface area contributed by atoms with Gasteiger partial charge in [0.1, 0.15) is 17.5 Å². The van der Waals surface area contributed by atoms with Crippen molar-refractivity contribution in [3.05, 3.63) is 60.2 Å². The van der Waals surface area contributed by atoms with E-state index in [4.69, 9.17) is 4.74 Å². The molecule has 1 aliphatic rings. The molecule has 2 aromatic carbocycles. The van der Waals surface area contributed by atoms with Crippen LogP contribution in [-0.2, 0) is 4.79 Å². The van der Waals surface area contributed by atoms with E-state index in [0.717, 1.165) is 31.4 Å². The Hall–Kier alpha value is -2.27. The molecule has 0 radical (unpaired) electrons. The van der Waals surface area contributed by atoms with Gasteiger partial charge in [-0.25, -0.2) is 0 Å². The molecule has 1 saturated carbocycles. The molecule has 2 aromatic rings. The molecule has 0 saturated heterocycles. The highest BCUT2D eigenvalue weighted by Gasteiger charge is 2.31. The third-order valence-electron chi connectivity index (χ3n) is 4.71. The first-order chi connectivity index (χ1) is 12.7. The van der Waals surface area contributed by atoms with Crippen molar-refractivity contribution in [1.29, 1.82) is 0 Å². The molecule has 0 bridgehead atoms. The predicted molar refractivity (Wildman–Crippen MR) is 105 cm³/mol. The minimum Gasteiger partial charge on any atom is -0.457 e. The SMILES string of the molecule is CSC(=O)[C@@H](NC(=O)c1ccc(Oc2ccccc2)cc1)C1CCCC1. The summed E-state index contributed by atoms with van der Waals surface area (Å²) in [5.41, 5.74) is 0.530. The average molecular weight is 369 g/mol. The number of thioether (sulfide) groups is 1. The van der Waals surface area contributed by atoms with Crippen LogP contribution in [0.25, 0.3) is 0 Å². The monoisotopic (exact) mass is 369 g/mol. The van der Waals surface area contributed by atoms with E-state index in [1.54, 1.807) is 30.5 Å². The molecular weight excluding hydrogens is 346 g/mol. The van der Waals surface area contributed by atoms with Crippen LogP contribution in [0.3, 0.4) is 0 Å². The lowest BCUT2D eigenvalue weighted by atomic mass is 9.98. The number of hydrogen-bond donors (Lipinski definition) is 1. The van der Waals surface area contributed by atoms with Crippen LogP contribution in [-0.4, -0.2) is 23.3 Å². The van der Waals surface area contributed by atoms with Crippen LogP contribution in [0.4, 0.5) is 0 Å². The van der Waals surface area contributed by atoms with E-state index in [2.05, 4.69) is 5.32 Å². The van der Waals surface area contributed by atoms with Crippen LogP contribution in [0.2, 0.25) is 0 Å². The third-order valence-corrected chi connectivity index (χ3v) is 5.36. The zero-order chi connectivity index (χ0) is 18.4. The highest BCUT2D eigenvalue weighted by atomic mass is 32.2. The van der Waals surface area contributed by atoms with Crippen molar-refractivity contribution in [1.82, 2.24) is 5.32 Å². The van der Waals surface area contributed by atoms with E-state index in [9.17, 15) is 9.59 Å². The zero-order valence-corrected chi connectivity index (χ0v) is 15.6.